The molecule has 0 radical (unpaired) electrons. The lowest BCUT2D eigenvalue weighted by Crippen LogP contribution is -2.15. The van der Waals surface area contributed by atoms with Crippen LogP contribution in [0, 0.1) is 27.7 Å². The fourth-order valence-electron chi connectivity index (χ4n) is 2.19. The van der Waals surface area contributed by atoms with Gasteiger partial charge in [-0.05, 0) is 46.2 Å². The first-order valence-corrected chi connectivity index (χ1v) is 7.82. The van der Waals surface area contributed by atoms with E-state index >= 15 is 0 Å². The number of carbonyl (C=O) groups excluding carboxylic acids is 2. The van der Waals surface area contributed by atoms with Gasteiger partial charge in [0.15, 0.2) is 0 Å². The van der Waals surface area contributed by atoms with Gasteiger partial charge >= 0.3 is 5.97 Å². The molecule has 0 unspecified atom stereocenters. The Morgan fingerprint density at radius 1 is 1.27 bits per heavy atom. The van der Waals surface area contributed by atoms with Gasteiger partial charge in [-0.1, -0.05) is 0 Å². The van der Waals surface area contributed by atoms with E-state index in [1.165, 1.54) is 11.3 Å². The summed E-state index contributed by atoms with van der Waals surface area (Å²) in [6.45, 7) is 9.32. The zero-order valence-electron chi connectivity index (χ0n) is 13.3. The second-order valence-corrected chi connectivity index (χ2v) is 6.21. The number of nitrogens with one attached hydrogen (secondary N) is 1. The largest absolute Gasteiger partial charge is 0.466 e. The molecule has 0 aliphatic rings. The Morgan fingerprint density at radius 2 is 1.95 bits per heavy atom. The van der Waals surface area contributed by atoms with E-state index in [1.807, 2.05) is 13.8 Å². The van der Waals surface area contributed by atoms with Crippen LogP contribution >= 0.6 is 11.3 Å². The lowest BCUT2D eigenvalue weighted by atomic mass is 10.1. The third-order valence-electron chi connectivity index (χ3n) is 3.38. The number of aryl methyl sites for hydroxylation is 3. The number of amides is 1. The molecule has 6 heteroatoms. The topological polar surface area (TPSA) is 68.5 Å². The molecule has 2 heterocycles. The van der Waals surface area contributed by atoms with Crippen LogP contribution in [0.4, 0.5) is 5.00 Å². The first-order valence-electron chi connectivity index (χ1n) is 7.00. The van der Waals surface area contributed by atoms with Gasteiger partial charge in [0.2, 0.25) is 0 Å². The minimum absolute atomic E-state index is 0.291. The molecule has 2 aromatic heterocycles. The molecule has 0 aliphatic carbocycles. The average molecular weight is 321 g/mol. The maximum Gasteiger partial charge on any atom is 0.341 e. The molecular weight excluding hydrogens is 302 g/mol. The number of rotatable bonds is 4. The Kier molecular flexibility index (Phi) is 4.71. The van der Waals surface area contributed by atoms with Crippen LogP contribution in [0.5, 0.6) is 0 Å². The van der Waals surface area contributed by atoms with Gasteiger partial charge in [0, 0.05) is 4.88 Å². The van der Waals surface area contributed by atoms with Gasteiger partial charge in [0.25, 0.3) is 5.91 Å². The van der Waals surface area contributed by atoms with Crippen LogP contribution in [0.2, 0.25) is 0 Å². The van der Waals surface area contributed by atoms with Crippen molar-refractivity contribution in [3.63, 3.8) is 0 Å². The van der Waals surface area contributed by atoms with Crippen molar-refractivity contribution < 1.29 is 18.7 Å². The molecule has 118 valence electrons. The van der Waals surface area contributed by atoms with Crippen molar-refractivity contribution >= 4 is 28.2 Å². The highest BCUT2D eigenvalue weighted by molar-refractivity contribution is 7.16. The highest BCUT2D eigenvalue weighted by Gasteiger charge is 2.23. The Hall–Kier alpha value is -2.08. The average Bonchev–Trinajstić information content (AvgIpc) is 2.90. The first kappa shape index (κ1) is 16.3. The third-order valence-corrected chi connectivity index (χ3v) is 4.50. The predicted molar refractivity (Wildman–Crippen MR) is 85.9 cm³/mol. The van der Waals surface area contributed by atoms with Gasteiger partial charge in [0.1, 0.15) is 16.5 Å². The third kappa shape index (κ3) is 3.06. The summed E-state index contributed by atoms with van der Waals surface area (Å²) in [5.74, 6) is 0.519. The Balaban J connectivity index is 2.33. The van der Waals surface area contributed by atoms with Gasteiger partial charge in [-0.25, -0.2) is 4.79 Å². The quantitative estimate of drug-likeness (QED) is 0.864. The molecule has 1 N–H and O–H groups in total. The lowest BCUT2D eigenvalue weighted by Gasteiger charge is -2.06. The van der Waals surface area contributed by atoms with Gasteiger partial charge in [-0.3, -0.25) is 4.79 Å². The van der Waals surface area contributed by atoms with E-state index in [4.69, 9.17) is 9.15 Å². The van der Waals surface area contributed by atoms with Crippen LogP contribution in [0.25, 0.3) is 0 Å². The molecule has 0 fully saturated rings. The predicted octanol–water partition coefficient (Wildman–Crippen LogP) is 4.00. The summed E-state index contributed by atoms with van der Waals surface area (Å²) in [6, 6.07) is 1.68. The summed E-state index contributed by atoms with van der Waals surface area (Å²) in [4.78, 5) is 25.5. The van der Waals surface area contributed by atoms with Gasteiger partial charge in [-0.2, -0.15) is 0 Å². The van der Waals surface area contributed by atoms with Crippen molar-refractivity contribution in [1.82, 2.24) is 0 Å². The SMILES string of the molecule is CCOC(=O)c1c(NC(=O)c2cc(C)oc2C)sc(C)c1C. The highest BCUT2D eigenvalue weighted by Crippen LogP contribution is 2.33. The second-order valence-electron chi connectivity index (χ2n) is 4.99. The summed E-state index contributed by atoms with van der Waals surface area (Å²) in [5.41, 5.74) is 1.73. The monoisotopic (exact) mass is 321 g/mol. The summed E-state index contributed by atoms with van der Waals surface area (Å²) >= 11 is 1.37. The van der Waals surface area contributed by atoms with E-state index in [0.717, 1.165) is 10.4 Å². The molecule has 0 saturated carbocycles. The van der Waals surface area contributed by atoms with E-state index in [0.29, 0.717) is 34.3 Å². The lowest BCUT2D eigenvalue weighted by molar-refractivity contribution is 0.0527. The van der Waals surface area contributed by atoms with Gasteiger partial charge in [0.05, 0.1) is 17.7 Å². The molecule has 0 atom stereocenters. The van der Waals surface area contributed by atoms with E-state index in [9.17, 15) is 9.59 Å². The van der Waals surface area contributed by atoms with Crippen LogP contribution in [0.3, 0.4) is 0 Å². The number of furan rings is 1. The maximum absolute atomic E-state index is 12.4. The summed E-state index contributed by atoms with van der Waals surface area (Å²) < 4.78 is 10.4. The van der Waals surface area contributed by atoms with Crippen molar-refractivity contribution in [3.8, 4) is 0 Å². The number of hydrogen-bond acceptors (Lipinski definition) is 5. The number of anilines is 1. The molecule has 0 spiro atoms. The van der Waals surface area contributed by atoms with Crippen molar-refractivity contribution in [2.45, 2.75) is 34.6 Å². The van der Waals surface area contributed by atoms with Crippen molar-refractivity contribution in [2.75, 3.05) is 11.9 Å². The zero-order chi connectivity index (χ0) is 16.4. The summed E-state index contributed by atoms with van der Waals surface area (Å²) in [5, 5.41) is 3.31. The number of ether oxygens (including phenoxy) is 1. The Morgan fingerprint density at radius 3 is 2.50 bits per heavy atom. The Labute approximate surface area is 133 Å². The standard InChI is InChI=1S/C16H19NO4S/c1-6-20-16(19)13-9(3)11(5)22-15(13)17-14(18)12-7-8(2)21-10(12)4/h7H,6H2,1-5H3,(H,17,18). The minimum Gasteiger partial charge on any atom is -0.466 e. The molecule has 0 bridgehead atoms. The van der Waals surface area contributed by atoms with Crippen molar-refractivity contribution in [3.05, 3.63) is 39.2 Å². The van der Waals surface area contributed by atoms with Crippen LogP contribution < -0.4 is 5.32 Å². The van der Waals surface area contributed by atoms with Crippen LogP contribution in [0.1, 0.15) is 49.6 Å². The molecule has 22 heavy (non-hydrogen) atoms. The minimum atomic E-state index is -0.417. The van der Waals surface area contributed by atoms with Crippen molar-refractivity contribution in [2.24, 2.45) is 0 Å². The van der Waals surface area contributed by atoms with Crippen LogP contribution in [-0.4, -0.2) is 18.5 Å². The summed E-state index contributed by atoms with van der Waals surface area (Å²) in [6.07, 6.45) is 0. The normalized spacial score (nSPS) is 10.6. The molecule has 0 aliphatic heterocycles. The molecule has 2 aromatic rings. The van der Waals surface area contributed by atoms with E-state index in [2.05, 4.69) is 5.32 Å². The first-order chi connectivity index (χ1) is 10.3. The molecular formula is C16H19NO4S. The van der Waals surface area contributed by atoms with E-state index < -0.39 is 5.97 Å². The van der Waals surface area contributed by atoms with Crippen LogP contribution in [-0.2, 0) is 4.74 Å². The van der Waals surface area contributed by atoms with E-state index in [1.54, 1.807) is 26.8 Å². The fraction of sp³-hybridized carbons (Fsp3) is 0.375. The van der Waals surface area contributed by atoms with Crippen molar-refractivity contribution in [1.29, 1.82) is 0 Å². The molecule has 2 rings (SSSR count). The molecule has 5 nitrogen and oxygen atoms in total. The fourth-order valence-corrected chi connectivity index (χ4v) is 3.23. The number of esters is 1. The number of hydrogen-bond donors (Lipinski definition) is 1. The zero-order valence-corrected chi connectivity index (χ0v) is 14.1. The van der Waals surface area contributed by atoms with Crippen LogP contribution in [0.15, 0.2) is 10.5 Å². The number of carbonyl (C=O) groups is 2. The second kappa shape index (κ2) is 6.36. The Bertz CT molecular complexity index is 727. The maximum atomic E-state index is 12.4. The molecule has 1 amide bonds. The summed E-state index contributed by atoms with van der Waals surface area (Å²) in [7, 11) is 0. The van der Waals surface area contributed by atoms with E-state index in [-0.39, 0.29) is 5.91 Å². The van der Waals surface area contributed by atoms with Gasteiger partial charge < -0.3 is 14.5 Å². The highest BCUT2D eigenvalue weighted by atomic mass is 32.1. The van der Waals surface area contributed by atoms with Gasteiger partial charge in [-0.15, -0.1) is 11.3 Å². The molecule has 0 aromatic carbocycles. The number of thiophene rings is 1. The molecule has 0 saturated heterocycles. The smallest absolute Gasteiger partial charge is 0.341 e.